The van der Waals surface area contributed by atoms with Crippen LogP contribution in [0, 0.1) is 0 Å². The lowest BCUT2D eigenvalue weighted by atomic mass is 9.98. The van der Waals surface area contributed by atoms with Crippen LogP contribution in [0.4, 0.5) is 0 Å². The molecule has 0 aliphatic carbocycles. The van der Waals surface area contributed by atoms with E-state index >= 15 is 0 Å². The molecule has 454 valence electrons. The van der Waals surface area contributed by atoms with E-state index in [0.29, 0.717) is 19.3 Å². The van der Waals surface area contributed by atoms with Gasteiger partial charge in [0.1, 0.15) is 18.8 Å². The van der Waals surface area contributed by atoms with E-state index in [-0.39, 0.29) is 25.9 Å². The molecule has 1 heterocycles. The third-order valence-corrected chi connectivity index (χ3v) is 14.2. The average molecular weight is 1110 g/mol. The Morgan fingerprint density at radius 1 is 0.430 bits per heavy atom. The standard InChI is InChI=1S/C67H114O12/c1-4-7-10-13-16-19-22-25-27-29-30-32-33-36-38-41-44-47-50-53-59(68)75-56-58(77-60(69)54-51-48-45-42-40-37-34-31-28-26-23-20-17-14-11-8-5-2)57-76-67-65(63(72)62(71)64(79-67)66(73)74)78-61(70)55-52-49-46-43-39-35-24-21-18-15-12-9-6-3/h7,10,12,15-16,19,21,24-25,27,30,32,58,62-65,67,71-72H,4-6,8-9,11,13-14,17-18,20,22-23,26,28-29,31,33-57H2,1-3H3,(H,73,74)/b10-7-,15-12-,19-16-,24-21-,27-25-,32-30-. The van der Waals surface area contributed by atoms with E-state index in [1.165, 1.54) is 83.5 Å². The molecule has 79 heavy (non-hydrogen) atoms. The zero-order chi connectivity index (χ0) is 57.5. The SMILES string of the molecule is CC/C=C\C/C=C\C/C=C\C/C=C\CCCCCCCCC(=O)OCC(COC1OC(C(=O)O)C(O)C(O)C1OC(=O)CCCCCCC/C=C\C/C=C\CCC)OC(=O)CCCCCCCCCCCCCCCCCCC. The molecule has 0 saturated carbocycles. The Kier molecular flexibility index (Phi) is 50.7. The van der Waals surface area contributed by atoms with Crippen LogP contribution in [0.3, 0.4) is 0 Å². The van der Waals surface area contributed by atoms with Gasteiger partial charge in [0.2, 0.25) is 0 Å². The quantitative estimate of drug-likeness (QED) is 0.0228. The summed E-state index contributed by atoms with van der Waals surface area (Å²) in [5, 5.41) is 31.5. The van der Waals surface area contributed by atoms with Gasteiger partial charge in [0.05, 0.1) is 6.61 Å². The normalized spacial score (nSPS) is 18.3. The molecule has 1 fully saturated rings. The van der Waals surface area contributed by atoms with Crippen molar-refractivity contribution in [3.05, 3.63) is 72.9 Å². The van der Waals surface area contributed by atoms with E-state index in [1.54, 1.807) is 0 Å². The fraction of sp³-hybridized carbons (Fsp3) is 0.761. The molecule has 12 nitrogen and oxygen atoms in total. The van der Waals surface area contributed by atoms with Gasteiger partial charge in [-0.2, -0.15) is 0 Å². The molecular weight excluding hydrogens is 997 g/mol. The lowest BCUT2D eigenvalue weighted by Gasteiger charge is -2.40. The molecule has 0 aromatic carbocycles. The first-order valence-corrected chi connectivity index (χ1v) is 31.9. The van der Waals surface area contributed by atoms with Crippen LogP contribution in [0.15, 0.2) is 72.9 Å². The molecule has 0 amide bonds. The second kappa shape index (κ2) is 54.7. The number of ether oxygens (including phenoxy) is 5. The van der Waals surface area contributed by atoms with E-state index in [9.17, 15) is 34.5 Å². The summed E-state index contributed by atoms with van der Waals surface area (Å²) >= 11 is 0. The van der Waals surface area contributed by atoms with Gasteiger partial charge in [-0.1, -0.05) is 248 Å². The van der Waals surface area contributed by atoms with Gasteiger partial charge < -0.3 is 39.0 Å². The van der Waals surface area contributed by atoms with Crippen molar-refractivity contribution < 1.29 is 58.2 Å². The summed E-state index contributed by atoms with van der Waals surface area (Å²) in [6.07, 6.45) is 57.2. The summed E-state index contributed by atoms with van der Waals surface area (Å²) in [6, 6.07) is 0. The van der Waals surface area contributed by atoms with Crippen molar-refractivity contribution >= 4 is 23.9 Å². The molecule has 1 rings (SSSR count). The molecule has 0 radical (unpaired) electrons. The zero-order valence-corrected chi connectivity index (χ0v) is 50.1. The summed E-state index contributed by atoms with van der Waals surface area (Å²) in [6.45, 7) is 5.82. The number of rotatable bonds is 54. The summed E-state index contributed by atoms with van der Waals surface area (Å²) in [4.78, 5) is 51.3. The average Bonchev–Trinajstić information content (AvgIpc) is 3.44. The number of aliphatic hydroxyl groups is 2. The van der Waals surface area contributed by atoms with E-state index < -0.39 is 67.3 Å². The van der Waals surface area contributed by atoms with Gasteiger partial charge in [-0.3, -0.25) is 14.4 Å². The Hall–Kier alpha value is -3.84. The van der Waals surface area contributed by atoms with Crippen LogP contribution in [0.5, 0.6) is 0 Å². The van der Waals surface area contributed by atoms with E-state index in [0.717, 1.165) is 135 Å². The summed E-state index contributed by atoms with van der Waals surface area (Å²) < 4.78 is 28.5. The highest BCUT2D eigenvalue weighted by Gasteiger charge is 2.50. The lowest BCUT2D eigenvalue weighted by Crippen LogP contribution is -2.61. The first kappa shape index (κ1) is 73.2. The zero-order valence-electron chi connectivity index (χ0n) is 50.1. The maximum Gasteiger partial charge on any atom is 0.335 e. The first-order chi connectivity index (χ1) is 38.6. The molecule has 6 atom stereocenters. The molecule has 1 aliphatic heterocycles. The smallest absolute Gasteiger partial charge is 0.335 e. The molecule has 12 heteroatoms. The highest BCUT2D eigenvalue weighted by atomic mass is 16.7. The predicted octanol–water partition coefficient (Wildman–Crippen LogP) is 16.9. The lowest BCUT2D eigenvalue weighted by molar-refractivity contribution is -0.301. The van der Waals surface area contributed by atoms with Crippen LogP contribution in [0.1, 0.15) is 278 Å². The van der Waals surface area contributed by atoms with E-state index in [1.807, 2.05) is 0 Å². The fourth-order valence-corrected chi connectivity index (χ4v) is 9.40. The number of hydrogen-bond acceptors (Lipinski definition) is 11. The second-order valence-corrected chi connectivity index (χ2v) is 21.7. The van der Waals surface area contributed by atoms with E-state index in [2.05, 4.69) is 93.7 Å². The van der Waals surface area contributed by atoms with Crippen LogP contribution < -0.4 is 0 Å². The molecule has 3 N–H and O–H groups in total. The maximum absolute atomic E-state index is 13.2. The number of aliphatic hydroxyl groups excluding tert-OH is 2. The van der Waals surface area contributed by atoms with Gasteiger partial charge in [-0.25, -0.2) is 4.79 Å². The highest BCUT2D eigenvalue weighted by Crippen LogP contribution is 2.27. The van der Waals surface area contributed by atoms with Crippen molar-refractivity contribution in [2.24, 2.45) is 0 Å². The van der Waals surface area contributed by atoms with Crippen molar-refractivity contribution in [1.29, 1.82) is 0 Å². The minimum Gasteiger partial charge on any atom is -0.479 e. The molecule has 1 saturated heterocycles. The summed E-state index contributed by atoms with van der Waals surface area (Å²) in [5.74, 6) is -3.14. The maximum atomic E-state index is 13.2. The Labute approximate surface area is 480 Å². The second-order valence-electron chi connectivity index (χ2n) is 21.7. The number of aliphatic carboxylic acids is 1. The predicted molar refractivity (Wildman–Crippen MR) is 322 cm³/mol. The Balaban J connectivity index is 2.67. The van der Waals surface area contributed by atoms with Crippen LogP contribution >= 0.6 is 0 Å². The number of hydrogen-bond donors (Lipinski definition) is 3. The van der Waals surface area contributed by atoms with Gasteiger partial charge in [0.15, 0.2) is 24.6 Å². The molecule has 0 spiro atoms. The monoisotopic (exact) mass is 1110 g/mol. The third kappa shape index (κ3) is 44.5. The molecule has 0 bridgehead atoms. The highest BCUT2D eigenvalue weighted by molar-refractivity contribution is 5.74. The number of esters is 3. The topological polar surface area (TPSA) is 175 Å². The van der Waals surface area contributed by atoms with Crippen LogP contribution in [0.2, 0.25) is 0 Å². The van der Waals surface area contributed by atoms with Crippen molar-refractivity contribution in [2.75, 3.05) is 13.2 Å². The molecule has 1 aliphatic rings. The number of carbonyl (C=O) groups excluding carboxylic acids is 3. The summed E-state index contributed by atoms with van der Waals surface area (Å²) in [7, 11) is 0. The van der Waals surface area contributed by atoms with Crippen LogP contribution in [-0.2, 0) is 42.9 Å². The third-order valence-electron chi connectivity index (χ3n) is 14.2. The van der Waals surface area contributed by atoms with E-state index in [4.69, 9.17) is 23.7 Å². The largest absolute Gasteiger partial charge is 0.479 e. The van der Waals surface area contributed by atoms with Crippen LogP contribution in [-0.4, -0.2) is 89.2 Å². The van der Waals surface area contributed by atoms with Gasteiger partial charge in [-0.05, 0) is 83.5 Å². The Morgan fingerprint density at radius 2 is 0.823 bits per heavy atom. The van der Waals surface area contributed by atoms with Gasteiger partial charge in [-0.15, -0.1) is 0 Å². The van der Waals surface area contributed by atoms with Crippen molar-refractivity contribution in [3.8, 4) is 0 Å². The van der Waals surface area contributed by atoms with Crippen molar-refractivity contribution in [2.45, 2.75) is 314 Å². The molecule has 6 unspecified atom stereocenters. The summed E-state index contributed by atoms with van der Waals surface area (Å²) in [5.41, 5.74) is 0. The fourth-order valence-electron chi connectivity index (χ4n) is 9.40. The number of unbranched alkanes of at least 4 members (excludes halogenated alkanes) is 28. The number of carboxylic acids is 1. The van der Waals surface area contributed by atoms with Gasteiger partial charge >= 0.3 is 23.9 Å². The minimum atomic E-state index is -1.91. The number of carboxylic acid groups (broad SMARTS) is 1. The molecule has 0 aromatic rings. The molecular formula is C67H114O12. The first-order valence-electron chi connectivity index (χ1n) is 31.9. The van der Waals surface area contributed by atoms with Gasteiger partial charge in [0.25, 0.3) is 0 Å². The number of allylic oxidation sites excluding steroid dienone is 12. The molecule has 0 aromatic heterocycles. The van der Waals surface area contributed by atoms with Crippen molar-refractivity contribution in [3.63, 3.8) is 0 Å². The van der Waals surface area contributed by atoms with Crippen molar-refractivity contribution in [1.82, 2.24) is 0 Å². The minimum absolute atomic E-state index is 0.0423. The van der Waals surface area contributed by atoms with Crippen LogP contribution in [0.25, 0.3) is 0 Å². The Bertz CT molecular complexity index is 1650. The number of carbonyl (C=O) groups is 4. The van der Waals surface area contributed by atoms with Gasteiger partial charge in [0, 0.05) is 19.3 Å². The Morgan fingerprint density at radius 3 is 1.27 bits per heavy atom.